The van der Waals surface area contributed by atoms with E-state index in [9.17, 15) is 61.0 Å². The van der Waals surface area contributed by atoms with Gasteiger partial charge in [0.15, 0.2) is 29.3 Å². The van der Waals surface area contributed by atoms with Crippen LogP contribution in [0.25, 0.3) is 22.3 Å². The number of phenols is 5. The average molecular weight is 627 g/mol. The minimum absolute atomic E-state index is 0.265. The molecule has 240 valence electrons. The molecule has 17 nitrogen and oxygen atoms in total. The molecular weight excluding hydrogens is 596 g/mol. The Kier molecular flexibility index (Phi) is 8.51. The molecule has 0 bridgehead atoms. The highest BCUT2D eigenvalue weighted by Gasteiger charge is 2.48. The quantitative estimate of drug-likeness (QED) is 0.132. The topological polar surface area (TPSA) is 290 Å². The first-order valence-electron chi connectivity index (χ1n) is 13.1. The molecule has 3 aromatic rings. The number of aliphatic hydroxyl groups excluding tert-OH is 6. The first kappa shape index (κ1) is 31.5. The van der Waals surface area contributed by atoms with Crippen molar-refractivity contribution in [1.82, 2.24) is 0 Å². The minimum Gasteiger partial charge on any atom is -0.508 e. The normalized spacial score (nSPS) is 32.5. The fraction of sp³-hybridized carbons (Fsp3) is 0.444. The van der Waals surface area contributed by atoms with Crippen LogP contribution in [-0.2, 0) is 14.2 Å². The molecule has 0 unspecified atom stereocenters. The summed E-state index contributed by atoms with van der Waals surface area (Å²) >= 11 is 0. The minimum atomic E-state index is -2.02. The van der Waals surface area contributed by atoms with E-state index in [-0.39, 0.29) is 11.1 Å². The van der Waals surface area contributed by atoms with Crippen molar-refractivity contribution >= 4 is 11.0 Å². The van der Waals surface area contributed by atoms with Gasteiger partial charge in [-0.15, -0.1) is 0 Å². The van der Waals surface area contributed by atoms with Crippen LogP contribution in [0.5, 0.6) is 34.5 Å². The predicted octanol–water partition coefficient (Wildman–Crippen LogP) is -1.98. The Hall–Kier alpha value is -3.91. The molecule has 2 saturated heterocycles. The lowest BCUT2D eigenvalue weighted by molar-refractivity contribution is -0.318. The smallest absolute Gasteiger partial charge is 0.239 e. The number of hydrogen-bond acceptors (Lipinski definition) is 17. The van der Waals surface area contributed by atoms with Crippen LogP contribution in [0.4, 0.5) is 0 Å². The molecule has 11 N–H and O–H groups in total. The second kappa shape index (κ2) is 11.9. The van der Waals surface area contributed by atoms with Crippen LogP contribution in [0.3, 0.4) is 0 Å². The molecule has 3 heterocycles. The monoisotopic (exact) mass is 626 g/mol. The van der Waals surface area contributed by atoms with Crippen LogP contribution in [0.1, 0.15) is 6.92 Å². The van der Waals surface area contributed by atoms with Gasteiger partial charge in [-0.25, -0.2) is 0 Å². The highest BCUT2D eigenvalue weighted by molar-refractivity contribution is 5.88. The molecule has 0 radical (unpaired) electrons. The van der Waals surface area contributed by atoms with Crippen LogP contribution in [0, 0.1) is 0 Å². The summed E-state index contributed by atoms with van der Waals surface area (Å²) in [5.41, 5.74) is -1.74. The Balaban J connectivity index is 1.50. The van der Waals surface area contributed by atoms with E-state index in [1.165, 1.54) is 6.92 Å². The Bertz CT molecular complexity index is 1570. The molecule has 2 aromatic carbocycles. The van der Waals surface area contributed by atoms with Crippen LogP contribution in [0.15, 0.2) is 33.5 Å². The maximum atomic E-state index is 13.6. The van der Waals surface area contributed by atoms with Gasteiger partial charge < -0.3 is 79.5 Å². The van der Waals surface area contributed by atoms with E-state index < -0.39 is 119 Å². The standard InChI is InChI=1S/C27H30O17/c1-7-16(32)20(36)22(38)26(41-7)40-6-14-18(34)21(37)23(39)27(43-14)44-25-19(35)15-10(29)4-9(28)5-13(15)42-24(25)8-2-11(30)17(33)12(31)3-8/h2-5,7,14,16,18,20-23,26-34,36-39H,6H2,1H3/t7-,14+,16-,18+,20+,21-,22+,23+,26+,27-/m0/s1. The van der Waals surface area contributed by atoms with Gasteiger partial charge in [0.05, 0.1) is 12.7 Å². The summed E-state index contributed by atoms with van der Waals surface area (Å²) in [6.45, 7) is 0.770. The Morgan fingerprint density at radius 3 is 2.00 bits per heavy atom. The fourth-order valence-electron chi connectivity index (χ4n) is 4.91. The third-order valence-corrected chi connectivity index (χ3v) is 7.39. The van der Waals surface area contributed by atoms with Crippen molar-refractivity contribution in [1.29, 1.82) is 0 Å². The molecule has 10 atom stereocenters. The average Bonchev–Trinajstić information content (AvgIpc) is 2.97. The van der Waals surface area contributed by atoms with Gasteiger partial charge in [0.1, 0.15) is 65.2 Å². The zero-order chi connectivity index (χ0) is 32.2. The van der Waals surface area contributed by atoms with Crippen molar-refractivity contribution < 1.29 is 79.5 Å². The van der Waals surface area contributed by atoms with Crippen molar-refractivity contribution in [3.8, 4) is 45.8 Å². The van der Waals surface area contributed by atoms with E-state index >= 15 is 0 Å². The number of aliphatic hydroxyl groups is 6. The molecule has 1 aromatic heterocycles. The maximum Gasteiger partial charge on any atom is 0.239 e. The Morgan fingerprint density at radius 1 is 0.727 bits per heavy atom. The summed E-state index contributed by atoms with van der Waals surface area (Å²) in [6, 6.07) is 3.56. The second-order valence-electron chi connectivity index (χ2n) is 10.4. The van der Waals surface area contributed by atoms with E-state index in [1.807, 2.05) is 0 Å². The number of phenolic OH excluding ortho intramolecular Hbond substituents is 5. The van der Waals surface area contributed by atoms with E-state index in [4.69, 9.17) is 23.4 Å². The van der Waals surface area contributed by atoms with E-state index in [0.717, 1.165) is 24.3 Å². The van der Waals surface area contributed by atoms with Gasteiger partial charge in [0, 0.05) is 17.7 Å². The third kappa shape index (κ3) is 5.56. The lowest BCUT2D eigenvalue weighted by Gasteiger charge is -2.42. The lowest BCUT2D eigenvalue weighted by atomic mass is 9.98. The summed E-state index contributed by atoms with van der Waals surface area (Å²) in [5.74, 6) is -5.16. The number of fused-ring (bicyclic) bond motifs is 1. The molecule has 44 heavy (non-hydrogen) atoms. The van der Waals surface area contributed by atoms with Crippen molar-refractivity contribution in [2.24, 2.45) is 0 Å². The number of benzene rings is 2. The summed E-state index contributed by atoms with van der Waals surface area (Å²) < 4.78 is 27.7. The number of aromatic hydroxyl groups is 5. The van der Waals surface area contributed by atoms with Gasteiger partial charge in [-0.3, -0.25) is 4.79 Å². The Labute approximate surface area is 246 Å². The SMILES string of the molecule is C[C@@H]1O[C@@H](OC[C@H]2O[C@@H](Oc3c(-c4cc(O)c(O)c(O)c4)oc4cc(O)cc(O)c4c3=O)[C@H](O)[C@@H](O)[C@@H]2O)[C@H](O)[C@H](O)[C@H]1O. The van der Waals surface area contributed by atoms with Gasteiger partial charge in [0.25, 0.3) is 0 Å². The fourth-order valence-corrected chi connectivity index (χ4v) is 4.91. The zero-order valence-electron chi connectivity index (χ0n) is 22.7. The molecule has 2 aliphatic rings. The highest BCUT2D eigenvalue weighted by atomic mass is 16.7. The lowest BCUT2D eigenvalue weighted by Crippen LogP contribution is -2.61. The summed E-state index contributed by atoms with van der Waals surface area (Å²) in [6.07, 6.45) is -16.5. The summed E-state index contributed by atoms with van der Waals surface area (Å²) in [4.78, 5) is 13.6. The van der Waals surface area contributed by atoms with Gasteiger partial charge in [-0.2, -0.15) is 0 Å². The van der Waals surface area contributed by atoms with Gasteiger partial charge >= 0.3 is 0 Å². The highest BCUT2D eigenvalue weighted by Crippen LogP contribution is 2.43. The first-order chi connectivity index (χ1) is 20.7. The zero-order valence-corrected chi connectivity index (χ0v) is 22.7. The third-order valence-electron chi connectivity index (χ3n) is 7.39. The van der Waals surface area contributed by atoms with Gasteiger partial charge in [-0.1, -0.05) is 0 Å². The van der Waals surface area contributed by atoms with Crippen molar-refractivity contribution in [2.45, 2.75) is 68.3 Å². The molecule has 2 aliphatic heterocycles. The van der Waals surface area contributed by atoms with E-state index in [1.54, 1.807) is 0 Å². The predicted molar refractivity (Wildman–Crippen MR) is 142 cm³/mol. The first-order valence-corrected chi connectivity index (χ1v) is 13.1. The van der Waals surface area contributed by atoms with Crippen LogP contribution < -0.4 is 10.2 Å². The maximum absolute atomic E-state index is 13.6. The van der Waals surface area contributed by atoms with Crippen LogP contribution in [-0.4, -0.2) is 124 Å². The van der Waals surface area contributed by atoms with Crippen LogP contribution >= 0.6 is 0 Å². The van der Waals surface area contributed by atoms with Gasteiger partial charge in [-0.05, 0) is 19.1 Å². The largest absolute Gasteiger partial charge is 0.508 e. The van der Waals surface area contributed by atoms with Crippen molar-refractivity contribution in [3.63, 3.8) is 0 Å². The van der Waals surface area contributed by atoms with E-state index in [0.29, 0.717) is 0 Å². The van der Waals surface area contributed by atoms with Gasteiger partial charge in [0.2, 0.25) is 17.5 Å². The molecule has 17 heteroatoms. The number of hydrogen-bond donors (Lipinski definition) is 11. The molecule has 2 fully saturated rings. The summed E-state index contributed by atoms with van der Waals surface area (Å²) in [7, 11) is 0. The molecule has 5 rings (SSSR count). The molecular formula is C27H30O17. The van der Waals surface area contributed by atoms with Crippen LogP contribution in [0.2, 0.25) is 0 Å². The summed E-state index contributed by atoms with van der Waals surface area (Å²) in [5, 5.41) is 111. The Morgan fingerprint density at radius 2 is 1.34 bits per heavy atom. The number of ether oxygens (including phenoxy) is 4. The molecule has 0 amide bonds. The second-order valence-corrected chi connectivity index (χ2v) is 10.4. The number of rotatable bonds is 6. The van der Waals surface area contributed by atoms with Crippen molar-refractivity contribution in [3.05, 3.63) is 34.5 Å². The van der Waals surface area contributed by atoms with Crippen molar-refractivity contribution in [2.75, 3.05) is 6.61 Å². The molecule has 0 saturated carbocycles. The van der Waals surface area contributed by atoms with E-state index in [2.05, 4.69) is 0 Å². The molecule has 0 aliphatic carbocycles. The molecule has 0 spiro atoms.